The molecule has 6 heteroatoms. The second-order valence-electron chi connectivity index (χ2n) is 5.25. The zero-order valence-corrected chi connectivity index (χ0v) is 12.8. The SMILES string of the molecule is CC(C)(C)OC(=O)CSCc1cccc(C(=O)NN)c1. The van der Waals surface area contributed by atoms with Crippen LogP contribution in [0.3, 0.4) is 0 Å². The minimum atomic E-state index is -0.462. The molecule has 0 spiro atoms. The second-order valence-corrected chi connectivity index (χ2v) is 6.24. The molecule has 20 heavy (non-hydrogen) atoms. The predicted octanol–water partition coefficient (Wildman–Crippen LogP) is 1.86. The van der Waals surface area contributed by atoms with Crippen LogP contribution in [0.15, 0.2) is 24.3 Å². The average Bonchev–Trinajstić information content (AvgIpc) is 2.36. The molecule has 1 aromatic carbocycles. The van der Waals surface area contributed by atoms with Crippen LogP contribution in [0.2, 0.25) is 0 Å². The molecule has 0 saturated carbocycles. The van der Waals surface area contributed by atoms with Gasteiger partial charge < -0.3 is 4.74 Å². The molecule has 0 aliphatic carbocycles. The third kappa shape index (κ3) is 6.08. The molecule has 1 aromatic rings. The van der Waals surface area contributed by atoms with Gasteiger partial charge in [-0.1, -0.05) is 12.1 Å². The summed E-state index contributed by atoms with van der Waals surface area (Å²) < 4.78 is 5.21. The van der Waals surface area contributed by atoms with E-state index in [1.807, 2.05) is 26.8 Å². The van der Waals surface area contributed by atoms with Crippen LogP contribution in [0.4, 0.5) is 0 Å². The molecule has 0 bridgehead atoms. The van der Waals surface area contributed by atoms with Gasteiger partial charge in [-0.2, -0.15) is 0 Å². The largest absolute Gasteiger partial charge is 0.459 e. The Balaban J connectivity index is 2.46. The van der Waals surface area contributed by atoms with Gasteiger partial charge in [-0.25, -0.2) is 5.84 Å². The Kier molecular flexibility index (Phi) is 6.04. The van der Waals surface area contributed by atoms with Crippen LogP contribution in [-0.4, -0.2) is 23.2 Å². The van der Waals surface area contributed by atoms with Crippen LogP contribution in [0, 0.1) is 0 Å². The van der Waals surface area contributed by atoms with Gasteiger partial charge in [0, 0.05) is 11.3 Å². The third-order valence-corrected chi connectivity index (χ3v) is 3.21. The van der Waals surface area contributed by atoms with Crippen LogP contribution in [0.1, 0.15) is 36.7 Å². The highest BCUT2D eigenvalue weighted by atomic mass is 32.2. The highest BCUT2D eigenvalue weighted by Gasteiger charge is 2.15. The van der Waals surface area contributed by atoms with E-state index < -0.39 is 5.60 Å². The Bertz CT molecular complexity index is 484. The molecule has 0 aliphatic heterocycles. The number of nitrogens with two attached hydrogens (primary N) is 1. The number of thioether (sulfide) groups is 1. The summed E-state index contributed by atoms with van der Waals surface area (Å²) in [7, 11) is 0. The van der Waals surface area contributed by atoms with Gasteiger partial charge in [-0.05, 0) is 38.5 Å². The summed E-state index contributed by atoms with van der Waals surface area (Å²) >= 11 is 1.45. The van der Waals surface area contributed by atoms with Crippen molar-refractivity contribution < 1.29 is 14.3 Å². The Hall–Kier alpha value is -1.53. The van der Waals surface area contributed by atoms with E-state index in [4.69, 9.17) is 10.6 Å². The van der Waals surface area contributed by atoms with Crippen LogP contribution in [0.25, 0.3) is 0 Å². The van der Waals surface area contributed by atoms with Gasteiger partial charge in [-0.3, -0.25) is 15.0 Å². The fourth-order valence-corrected chi connectivity index (χ4v) is 2.25. The van der Waals surface area contributed by atoms with E-state index >= 15 is 0 Å². The lowest BCUT2D eigenvalue weighted by Crippen LogP contribution is -2.29. The number of ether oxygens (including phenoxy) is 1. The molecule has 0 aliphatic rings. The Morgan fingerprint density at radius 3 is 2.65 bits per heavy atom. The topological polar surface area (TPSA) is 81.4 Å². The van der Waals surface area contributed by atoms with E-state index in [0.717, 1.165) is 5.56 Å². The predicted molar refractivity (Wildman–Crippen MR) is 80.1 cm³/mol. The molecule has 0 radical (unpaired) electrons. The van der Waals surface area contributed by atoms with E-state index in [9.17, 15) is 9.59 Å². The lowest BCUT2D eigenvalue weighted by molar-refractivity contribution is -0.151. The zero-order chi connectivity index (χ0) is 15.2. The van der Waals surface area contributed by atoms with E-state index in [1.54, 1.807) is 18.2 Å². The molecule has 110 valence electrons. The van der Waals surface area contributed by atoms with E-state index in [1.165, 1.54) is 11.8 Å². The first kappa shape index (κ1) is 16.5. The third-order valence-electron chi connectivity index (χ3n) is 2.23. The highest BCUT2D eigenvalue weighted by molar-refractivity contribution is 7.99. The molecule has 0 aromatic heterocycles. The summed E-state index contributed by atoms with van der Waals surface area (Å²) in [5.74, 6) is 5.43. The summed E-state index contributed by atoms with van der Waals surface area (Å²) in [6.45, 7) is 5.51. The van der Waals surface area contributed by atoms with Gasteiger partial charge in [0.15, 0.2) is 0 Å². The fraction of sp³-hybridized carbons (Fsp3) is 0.429. The summed E-state index contributed by atoms with van der Waals surface area (Å²) in [6.07, 6.45) is 0. The molecule has 0 saturated heterocycles. The first-order valence-electron chi connectivity index (χ1n) is 6.21. The monoisotopic (exact) mass is 296 g/mol. The van der Waals surface area contributed by atoms with Crippen molar-refractivity contribution in [1.82, 2.24) is 5.43 Å². The number of nitrogen functional groups attached to an aromatic ring is 1. The van der Waals surface area contributed by atoms with Crippen molar-refractivity contribution in [3.8, 4) is 0 Å². The van der Waals surface area contributed by atoms with Crippen molar-refractivity contribution >= 4 is 23.6 Å². The number of amides is 1. The van der Waals surface area contributed by atoms with Gasteiger partial charge in [-0.15, -0.1) is 11.8 Å². The number of carbonyl (C=O) groups is 2. The zero-order valence-electron chi connectivity index (χ0n) is 11.9. The second kappa shape index (κ2) is 7.31. The molecule has 3 N–H and O–H groups in total. The van der Waals surface area contributed by atoms with Crippen LogP contribution in [-0.2, 0) is 15.3 Å². The van der Waals surface area contributed by atoms with E-state index in [2.05, 4.69) is 5.43 Å². The van der Waals surface area contributed by atoms with Gasteiger partial charge in [0.05, 0.1) is 5.75 Å². The Labute approximate surface area is 123 Å². The molecule has 0 fully saturated rings. The summed E-state index contributed by atoms with van der Waals surface area (Å²) in [5, 5.41) is 0. The first-order chi connectivity index (χ1) is 9.31. The number of rotatable bonds is 5. The van der Waals surface area contributed by atoms with Crippen molar-refractivity contribution in [2.75, 3.05) is 5.75 Å². The lowest BCUT2D eigenvalue weighted by atomic mass is 10.1. The average molecular weight is 296 g/mol. The maximum absolute atomic E-state index is 11.5. The fourth-order valence-electron chi connectivity index (χ4n) is 1.51. The normalized spacial score (nSPS) is 11.0. The van der Waals surface area contributed by atoms with Crippen LogP contribution >= 0.6 is 11.8 Å². The molecule has 1 rings (SSSR count). The number of carbonyl (C=O) groups excluding carboxylic acids is 2. The van der Waals surface area contributed by atoms with E-state index in [0.29, 0.717) is 11.3 Å². The molecule has 0 unspecified atom stereocenters. The number of hydrogen-bond acceptors (Lipinski definition) is 5. The highest BCUT2D eigenvalue weighted by Crippen LogP contribution is 2.15. The molecule has 1 amide bonds. The number of benzene rings is 1. The van der Waals surface area contributed by atoms with Gasteiger partial charge in [0.2, 0.25) is 0 Å². The van der Waals surface area contributed by atoms with Crippen molar-refractivity contribution in [3.63, 3.8) is 0 Å². The first-order valence-corrected chi connectivity index (χ1v) is 7.37. The Morgan fingerprint density at radius 1 is 1.35 bits per heavy atom. The number of hydrogen-bond donors (Lipinski definition) is 2. The molecular formula is C14H20N2O3S. The van der Waals surface area contributed by atoms with E-state index in [-0.39, 0.29) is 17.6 Å². The van der Waals surface area contributed by atoms with Gasteiger partial charge in [0.25, 0.3) is 5.91 Å². The number of nitrogens with one attached hydrogen (secondary N) is 1. The van der Waals surface area contributed by atoms with Crippen molar-refractivity contribution in [2.24, 2.45) is 5.84 Å². The number of hydrazine groups is 1. The Morgan fingerprint density at radius 2 is 2.05 bits per heavy atom. The van der Waals surface area contributed by atoms with Crippen LogP contribution < -0.4 is 11.3 Å². The minimum Gasteiger partial charge on any atom is -0.459 e. The summed E-state index contributed by atoms with van der Waals surface area (Å²) in [4.78, 5) is 22.9. The van der Waals surface area contributed by atoms with Gasteiger partial charge in [0.1, 0.15) is 5.60 Å². The van der Waals surface area contributed by atoms with Crippen molar-refractivity contribution in [1.29, 1.82) is 0 Å². The molecule has 0 heterocycles. The minimum absolute atomic E-state index is 0.238. The maximum Gasteiger partial charge on any atom is 0.316 e. The lowest BCUT2D eigenvalue weighted by Gasteiger charge is -2.19. The maximum atomic E-state index is 11.5. The molecule has 0 atom stereocenters. The molecule has 5 nitrogen and oxygen atoms in total. The quantitative estimate of drug-likeness (QED) is 0.375. The van der Waals surface area contributed by atoms with Crippen LogP contribution in [0.5, 0.6) is 0 Å². The summed E-state index contributed by atoms with van der Waals surface area (Å²) in [5.41, 5.74) is 3.09. The van der Waals surface area contributed by atoms with Crippen molar-refractivity contribution in [3.05, 3.63) is 35.4 Å². The number of esters is 1. The van der Waals surface area contributed by atoms with Crippen molar-refractivity contribution in [2.45, 2.75) is 32.1 Å². The standard InChI is InChI=1S/C14H20N2O3S/c1-14(2,3)19-12(17)9-20-8-10-5-4-6-11(7-10)13(18)16-15/h4-7H,8-9,15H2,1-3H3,(H,16,18). The summed E-state index contributed by atoms with van der Waals surface area (Å²) in [6, 6.07) is 7.12. The molecular weight excluding hydrogens is 276 g/mol. The smallest absolute Gasteiger partial charge is 0.316 e. The van der Waals surface area contributed by atoms with Gasteiger partial charge >= 0.3 is 5.97 Å².